The van der Waals surface area contributed by atoms with Gasteiger partial charge in [-0.15, -0.1) is 0 Å². The molecule has 2 atom stereocenters. The summed E-state index contributed by atoms with van der Waals surface area (Å²) in [5.41, 5.74) is 8.74. The van der Waals surface area contributed by atoms with E-state index in [2.05, 4.69) is 20.1 Å². The average Bonchev–Trinajstić information content (AvgIpc) is 3.52. The van der Waals surface area contributed by atoms with E-state index < -0.39 is 6.61 Å². The van der Waals surface area contributed by atoms with E-state index in [-0.39, 0.29) is 29.1 Å². The maximum Gasteiger partial charge on any atom is 0.387 e. The number of alkyl halides is 2. The topological polar surface area (TPSA) is 98.3 Å². The molecule has 2 aliphatic heterocycles. The van der Waals surface area contributed by atoms with Gasteiger partial charge in [-0.3, -0.25) is 4.68 Å². The molecule has 2 amide bonds. The van der Waals surface area contributed by atoms with Gasteiger partial charge in [0.05, 0.1) is 11.7 Å². The second-order valence-corrected chi connectivity index (χ2v) is 8.91. The van der Waals surface area contributed by atoms with E-state index in [0.717, 1.165) is 30.6 Å². The molecule has 3 aromatic rings. The number of fused-ring (bicyclic) bond motifs is 2. The van der Waals surface area contributed by atoms with Crippen molar-refractivity contribution in [3.8, 4) is 17.0 Å². The predicted octanol–water partition coefficient (Wildman–Crippen LogP) is 3.95. The van der Waals surface area contributed by atoms with Crippen molar-refractivity contribution in [2.75, 3.05) is 18.8 Å². The van der Waals surface area contributed by atoms with Crippen LogP contribution < -0.4 is 15.8 Å². The van der Waals surface area contributed by atoms with E-state index in [4.69, 9.17) is 5.73 Å². The Bertz CT molecular complexity index is 1200. The van der Waals surface area contributed by atoms with Crippen LogP contribution >= 0.6 is 0 Å². The second kappa shape index (κ2) is 8.58. The molecular formula is C24H26F2N6O2. The highest BCUT2D eigenvalue weighted by Crippen LogP contribution is 2.44. The highest BCUT2D eigenvalue weighted by molar-refractivity contribution is 5.75. The Hall–Kier alpha value is -3.69. The van der Waals surface area contributed by atoms with Crippen molar-refractivity contribution in [2.24, 2.45) is 0 Å². The molecule has 3 N–H and O–H groups in total. The minimum absolute atomic E-state index is 0.0806. The van der Waals surface area contributed by atoms with E-state index in [9.17, 15) is 13.6 Å². The van der Waals surface area contributed by atoms with Gasteiger partial charge in [0.2, 0.25) is 0 Å². The van der Waals surface area contributed by atoms with Gasteiger partial charge in [-0.1, -0.05) is 30.3 Å². The van der Waals surface area contributed by atoms with Crippen molar-refractivity contribution in [3.63, 3.8) is 0 Å². The normalized spacial score (nSPS) is 20.1. The first-order valence-electron chi connectivity index (χ1n) is 11.2. The number of nitrogen functional groups attached to an aromatic ring is 1. The lowest BCUT2D eigenvalue weighted by Gasteiger charge is -2.25. The third kappa shape index (κ3) is 4.04. The smallest absolute Gasteiger partial charge is 0.387 e. The number of amides is 2. The zero-order valence-electron chi connectivity index (χ0n) is 18.7. The fraction of sp³-hybridized carbons (Fsp3) is 0.375. The molecule has 0 bridgehead atoms. The largest absolute Gasteiger partial charge is 0.431 e. The number of nitrogens with one attached hydrogen (secondary N) is 1. The minimum Gasteiger partial charge on any atom is -0.431 e. The van der Waals surface area contributed by atoms with E-state index in [1.165, 1.54) is 12.3 Å². The van der Waals surface area contributed by atoms with Gasteiger partial charge in [-0.25, -0.2) is 9.78 Å². The molecule has 178 valence electrons. The number of nitrogens with two attached hydrogens (primary N) is 1. The molecule has 0 radical (unpaired) electrons. The molecule has 5 rings (SSSR count). The van der Waals surface area contributed by atoms with Crippen molar-refractivity contribution < 1.29 is 18.3 Å². The second-order valence-electron chi connectivity index (χ2n) is 8.91. The van der Waals surface area contributed by atoms with Crippen LogP contribution in [0.15, 0.2) is 48.7 Å². The van der Waals surface area contributed by atoms with Crippen LogP contribution in [-0.2, 0) is 12.0 Å². The fourth-order valence-electron chi connectivity index (χ4n) is 4.95. The number of anilines is 1. The van der Waals surface area contributed by atoms with Crippen molar-refractivity contribution in [3.05, 3.63) is 59.9 Å². The van der Waals surface area contributed by atoms with Crippen molar-refractivity contribution in [1.29, 1.82) is 0 Å². The molecule has 8 nitrogen and oxygen atoms in total. The van der Waals surface area contributed by atoms with Gasteiger partial charge < -0.3 is 20.7 Å². The SMILES string of the molecule is CC(NC(=O)N1CC[C@@]2(CCn3nc(-c4cnc(N)c(OC(F)F)c4)cc32)C1)c1ccccc1. The quantitative estimate of drug-likeness (QED) is 0.591. The maximum absolute atomic E-state index is 13.0. The van der Waals surface area contributed by atoms with E-state index in [1.807, 2.05) is 52.9 Å². The van der Waals surface area contributed by atoms with Gasteiger partial charge in [0.1, 0.15) is 0 Å². The van der Waals surface area contributed by atoms with E-state index in [0.29, 0.717) is 24.3 Å². The molecule has 2 aromatic heterocycles. The number of nitrogens with zero attached hydrogens (tertiary/aromatic N) is 4. The lowest BCUT2D eigenvalue weighted by Crippen LogP contribution is -2.41. The summed E-state index contributed by atoms with van der Waals surface area (Å²) in [7, 11) is 0. The van der Waals surface area contributed by atoms with Crippen LogP contribution in [0.4, 0.5) is 19.4 Å². The lowest BCUT2D eigenvalue weighted by molar-refractivity contribution is -0.0494. The Kier molecular flexibility index (Phi) is 5.59. The standard InChI is InChI=1S/C24H26F2N6O2/c1-15(16-5-3-2-4-6-16)29-23(33)31-9-7-24(14-31)8-10-32-20(24)12-18(30-32)17-11-19(34-22(25)26)21(27)28-13-17/h2-6,11-13,15,22H,7-10,14H2,1H3,(H2,27,28)(H,29,33)/t15?,24-/m1/s1. The highest BCUT2D eigenvalue weighted by Gasteiger charge is 2.47. The Morgan fingerprint density at radius 3 is 2.74 bits per heavy atom. The van der Waals surface area contributed by atoms with Gasteiger partial charge >= 0.3 is 12.6 Å². The molecule has 1 fully saturated rings. The Morgan fingerprint density at radius 2 is 1.97 bits per heavy atom. The number of urea groups is 1. The summed E-state index contributed by atoms with van der Waals surface area (Å²) >= 11 is 0. The first kappa shape index (κ1) is 22.1. The molecule has 10 heteroatoms. The van der Waals surface area contributed by atoms with Crippen LogP contribution in [0, 0.1) is 0 Å². The van der Waals surface area contributed by atoms with Crippen molar-refractivity contribution in [2.45, 2.75) is 44.4 Å². The molecule has 0 aliphatic carbocycles. The minimum atomic E-state index is -2.99. The molecule has 1 unspecified atom stereocenters. The maximum atomic E-state index is 13.0. The molecule has 2 aliphatic rings. The Labute approximate surface area is 195 Å². The molecule has 1 saturated heterocycles. The molecule has 0 saturated carbocycles. The number of halogens is 2. The molecule has 1 spiro atoms. The predicted molar refractivity (Wildman–Crippen MR) is 122 cm³/mol. The van der Waals surface area contributed by atoms with Crippen LogP contribution in [0.5, 0.6) is 5.75 Å². The summed E-state index contributed by atoms with van der Waals surface area (Å²) in [6, 6.07) is 13.1. The first-order valence-corrected chi connectivity index (χ1v) is 11.2. The Balaban J connectivity index is 1.32. The number of aryl methyl sites for hydroxylation is 1. The van der Waals surface area contributed by atoms with Crippen LogP contribution in [0.2, 0.25) is 0 Å². The van der Waals surface area contributed by atoms with Crippen LogP contribution in [0.3, 0.4) is 0 Å². The number of aromatic nitrogens is 3. The molecule has 1 aromatic carbocycles. The summed E-state index contributed by atoms with van der Waals surface area (Å²) in [4.78, 5) is 18.8. The lowest BCUT2D eigenvalue weighted by atomic mass is 9.82. The number of hydrogen-bond acceptors (Lipinski definition) is 5. The third-order valence-corrected chi connectivity index (χ3v) is 6.80. The van der Waals surface area contributed by atoms with Crippen LogP contribution in [0.1, 0.15) is 37.1 Å². The first-order chi connectivity index (χ1) is 16.3. The zero-order valence-corrected chi connectivity index (χ0v) is 18.7. The number of pyridine rings is 1. The molecule has 4 heterocycles. The number of rotatable bonds is 5. The highest BCUT2D eigenvalue weighted by atomic mass is 19.3. The van der Waals surface area contributed by atoms with Gasteiger partial charge in [0.25, 0.3) is 0 Å². The number of hydrogen-bond donors (Lipinski definition) is 2. The summed E-state index contributed by atoms with van der Waals surface area (Å²) in [6.07, 6.45) is 3.23. The van der Waals surface area contributed by atoms with Crippen molar-refractivity contribution in [1.82, 2.24) is 25.0 Å². The zero-order chi connectivity index (χ0) is 23.9. The van der Waals surface area contributed by atoms with Crippen molar-refractivity contribution >= 4 is 11.8 Å². The fourth-order valence-corrected chi connectivity index (χ4v) is 4.95. The Morgan fingerprint density at radius 1 is 1.21 bits per heavy atom. The van der Waals surface area contributed by atoms with Gasteiger partial charge in [-0.2, -0.15) is 13.9 Å². The summed E-state index contributed by atoms with van der Waals surface area (Å²) < 4.78 is 31.8. The van der Waals surface area contributed by atoms with Gasteiger partial charge in [-0.05, 0) is 37.5 Å². The molecule has 34 heavy (non-hydrogen) atoms. The van der Waals surface area contributed by atoms with Gasteiger partial charge in [0, 0.05) is 42.5 Å². The number of ether oxygens (including phenoxy) is 1. The summed E-state index contributed by atoms with van der Waals surface area (Å²) in [6.45, 7) is 0.973. The van der Waals surface area contributed by atoms with Crippen LogP contribution in [0.25, 0.3) is 11.3 Å². The third-order valence-electron chi connectivity index (χ3n) is 6.80. The van der Waals surface area contributed by atoms with Gasteiger partial charge in [0.15, 0.2) is 11.6 Å². The monoisotopic (exact) mass is 468 g/mol. The number of likely N-dealkylation sites (tertiary alicyclic amines) is 1. The van der Waals surface area contributed by atoms with E-state index in [1.54, 1.807) is 0 Å². The number of benzene rings is 1. The van der Waals surface area contributed by atoms with Crippen LogP contribution in [-0.4, -0.2) is 45.4 Å². The van der Waals surface area contributed by atoms with E-state index >= 15 is 0 Å². The summed E-state index contributed by atoms with van der Waals surface area (Å²) in [5, 5.41) is 7.76. The number of carbonyl (C=O) groups excluding carboxylic acids is 1. The number of carbonyl (C=O) groups is 1. The molecular weight excluding hydrogens is 442 g/mol. The summed E-state index contributed by atoms with van der Waals surface area (Å²) in [5.74, 6) is -0.277. The average molecular weight is 469 g/mol.